The molecule has 4 heterocycles. The summed E-state index contributed by atoms with van der Waals surface area (Å²) in [6.07, 6.45) is 5.09. The molecule has 1 aromatic carbocycles. The molecule has 0 aliphatic carbocycles. The molecule has 35 heavy (non-hydrogen) atoms. The van der Waals surface area contributed by atoms with Gasteiger partial charge in [0.25, 0.3) is 0 Å². The maximum Gasteiger partial charge on any atom is 0.229 e. The van der Waals surface area contributed by atoms with E-state index in [1.54, 1.807) is 36.8 Å². The van der Waals surface area contributed by atoms with Crippen molar-refractivity contribution in [3.63, 3.8) is 0 Å². The molecular formula is C26H23N7O2. The number of benzene rings is 1. The second-order valence-electron chi connectivity index (χ2n) is 7.98. The van der Waals surface area contributed by atoms with E-state index in [0.29, 0.717) is 46.3 Å². The van der Waals surface area contributed by atoms with Crippen LogP contribution in [0.1, 0.15) is 12.5 Å². The monoisotopic (exact) mass is 465 g/mol. The molecule has 0 unspecified atom stereocenters. The van der Waals surface area contributed by atoms with Crippen LogP contribution in [0, 0.1) is 0 Å². The Morgan fingerprint density at radius 2 is 1.89 bits per heavy atom. The molecule has 9 heteroatoms. The first-order valence-corrected chi connectivity index (χ1v) is 11.2. The van der Waals surface area contributed by atoms with Crippen molar-refractivity contribution in [1.29, 1.82) is 0 Å². The number of imidazole rings is 1. The molecular weight excluding hydrogens is 442 g/mol. The molecule has 0 fully saturated rings. The standard InChI is InChI=1S/C26H23N7O2/c1-2-33-24(27)22(25-29-13-14-30-25)23(35)18-10-11-19(31-26(18)33)17-8-6-16(7-9-17)15-21(34)32-20-5-3-4-12-28-20/h3-14H,2,15,27H2,1H3,(H,29,30)(H,28,32,34). The lowest BCUT2D eigenvalue weighted by Crippen LogP contribution is -2.18. The first kappa shape index (κ1) is 22.0. The SMILES string of the molecule is CCn1c(N)c(-c2ncc[nH]2)c(=O)c2ccc(-c3ccc(CC(=O)Nc4ccccn4)cc3)nc21. The largest absolute Gasteiger partial charge is 0.384 e. The molecule has 174 valence electrons. The molecule has 4 aromatic heterocycles. The number of nitrogens with two attached hydrogens (primary N) is 1. The number of fused-ring (bicyclic) bond motifs is 1. The molecule has 0 atom stereocenters. The van der Waals surface area contributed by atoms with E-state index in [1.165, 1.54) is 0 Å². The van der Waals surface area contributed by atoms with Crippen molar-refractivity contribution in [1.82, 2.24) is 24.5 Å². The van der Waals surface area contributed by atoms with Crippen LogP contribution in [0.15, 0.2) is 78.0 Å². The summed E-state index contributed by atoms with van der Waals surface area (Å²) in [4.78, 5) is 41.6. The highest BCUT2D eigenvalue weighted by Gasteiger charge is 2.19. The summed E-state index contributed by atoms with van der Waals surface area (Å²) in [6, 6.07) is 16.5. The molecule has 5 rings (SSSR count). The predicted molar refractivity (Wildman–Crippen MR) is 136 cm³/mol. The van der Waals surface area contributed by atoms with Crippen molar-refractivity contribution in [3.05, 3.63) is 89.0 Å². The molecule has 9 nitrogen and oxygen atoms in total. The number of nitrogens with zero attached hydrogens (tertiary/aromatic N) is 4. The van der Waals surface area contributed by atoms with Crippen molar-refractivity contribution in [2.24, 2.45) is 0 Å². The molecule has 0 bridgehead atoms. The number of nitrogen functional groups attached to an aromatic ring is 1. The van der Waals surface area contributed by atoms with Gasteiger partial charge in [0, 0.05) is 30.7 Å². The lowest BCUT2D eigenvalue weighted by Gasteiger charge is -2.15. The summed E-state index contributed by atoms with van der Waals surface area (Å²) < 4.78 is 1.81. The average Bonchev–Trinajstić information content (AvgIpc) is 3.39. The summed E-state index contributed by atoms with van der Waals surface area (Å²) in [7, 11) is 0. The minimum absolute atomic E-state index is 0.143. The molecule has 0 aliphatic rings. The maximum atomic E-state index is 13.2. The van der Waals surface area contributed by atoms with Gasteiger partial charge in [0.2, 0.25) is 11.3 Å². The Morgan fingerprint density at radius 1 is 1.06 bits per heavy atom. The van der Waals surface area contributed by atoms with Gasteiger partial charge in [0.15, 0.2) is 0 Å². The van der Waals surface area contributed by atoms with Crippen LogP contribution in [-0.4, -0.2) is 30.4 Å². The number of H-pyrrole nitrogens is 1. The molecule has 4 N–H and O–H groups in total. The molecule has 0 spiro atoms. The van der Waals surface area contributed by atoms with E-state index >= 15 is 0 Å². The van der Waals surface area contributed by atoms with Gasteiger partial charge in [-0.1, -0.05) is 30.3 Å². The van der Waals surface area contributed by atoms with E-state index in [0.717, 1.165) is 11.1 Å². The fourth-order valence-corrected chi connectivity index (χ4v) is 4.05. The third-order valence-corrected chi connectivity index (χ3v) is 5.75. The van der Waals surface area contributed by atoms with Crippen molar-refractivity contribution in [3.8, 4) is 22.6 Å². The Kier molecular flexibility index (Phi) is 5.80. The number of pyridine rings is 3. The van der Waals surface area contributed by atoms with Crippen molar-refractivity contribution in [2.75, 3.05) is 11.1 Å². The van der Waals surface area contributed by atoms with Crippen LogP contribution in [0.25, 0.3) is 33.7 Å². The number of aromatic nitrogens is 5. The van der Waals surface area contributed by atoms with E-state index in [-0.39, 0.29) is 17.8 Å². The fourth-order valence-electron chi connectivity index (χ4n) is 4.05. The fraction of sp³-hybridized carbons (Fsp3) is 0.115. The van der Waals surface area contributed by atoms with Gasteiger partial charge in [0.1, 0.15) is 28.7 Å². The number of anilines is 2. The molecule has 0 saturated heterocycles. The Balaban J connectivity index is 1.45. The zero-order valence-corrected chi connectivity index (χ0v) is 19.0. The quantitative estimate of drug-likeness (QED) is 0.351. The highest BCUT2D eigenvalue weighted by Crippen LogP contribution is 2.26. The van der Waals surface area contributed by atoms with Gasteiger partial charge >= 0.3 is 0 Å². The van der Waals surface area contributed by atoms with Crippen LogP contribution in [0.5, 0.6) is 0 Å². The van der Waals surface area contributed by atoms with Crippen LogP contribution >= 0.6 is 0 Å². The van der Waals surface area contributed by atoms with Crippen LogP contribution in [0.2, 0.25) is 0 Å². The number of aryl methyl sites for hydroxylation is 1. The van der Waals surface area contributed by atoms with Crippen molar-refractivity contribution < 1.29 is 4.79 Å². The number of carbonyl (C=O) groups is 1. The van der Waals surface area contributed by atoms with Crippen LogP contribution in [0.3, 0.4) is 0 Å². The summed E-state index contributed by atoms with van der Waals surface area (Å²) >= 11 is 0. The topological polar surface area (TPSA) is 132 Å². The summed E-state index contributed by atoms with van der Waals surface area (Å²) in [5.74, 6) is 1.13. The third-order valence-electron chi connectivity index (χ3n) is 5.75. The third kappa shape index (κ3) is 4.26. The Morgan fingerprint density at radius 3 is 2.57 bits per heavy atom. The van der Waals surface area contributed by atoms with E-state index in [2.05, 4.69) is 20.3 Å². The summed E-state index contributed by atoms with van der Waals surface area (Å²) in [5, 5.41) is 3.25. The highest BCUT2D eigenvalue weighted by molar-refractivity contribution is 5.91. The van der Waals surface area contributed by atoms with E-state index in [9.17, 15) is 9.59 Å². The van der Waals surface area contributed by atoms with Crippen LogP contribution in [-0.2, 0) is 17.8 Å². The number of hydrogen-bond acceptors (Lipinski definition) is 6. The molecule has 1 amide bonds. The molecule has 5 aromatic rings. The second-order valence-corrected chi connectivity index (χ2v) is 7.98. The minimum atomic E-state index is -0.217. The van der Waals surface area contributed by atoms with Gasteiger partial charge in [-0.05, 0) is 36.8 Å². The minimum Gasteiger partial charge on any atom is -0.384 e. The number of hydrogen-bond donors (Lipinski definition) is 3. The average molecular weight is 466 g/mol. The van der Waals surface area contributed by atoms with E-state index < -0.39 is 0 Å². The van der Waals surface area contributed by atoms with Gasteiger partial charge in [-0.25, -0.2) is 15.0 Å². The number of amides is 1. The second kappa shape index (κ2) is 9.22. The summed E-state index contributed by atoms with van der Waals surface area (Å²) in [6.45, 7) is 2.49. The first-order valence-electron chi connectivity index (χ1n) is 11.2. The van der Waals surface area contributed by atoms with E-state index in [1.807, 2.05) is 47.9 Å². The van der Waals surface area contributed by atoms with Gasteiger partial charge in [-0.2, -0.15) is 0 Å². The van der Waals surface area contributed by atoms with E-state index in [4.69, 9.17) is 10.7 Å². The lowest BCUT2D eigenvalue weighted by molar-refractivity contribution is -0.115. The smallest absolute Gasteiger partial charge is 0.229 e. The zero-order chi connectivity index (χ0) is 24.4. The first-order chi connectivity index (χ1) is 17.0. The predicted octanol–water partition coefficient (Wildman–Crippen LogP) is 3.63. The highest BCUT2D eigenvalue weighted by atomic mass is 16.1. The number of carbonyl (C=O) groups excluding carboxylic acids is 1. The summed E-state index contributed by atoms with van der Waals surface area (Å²) in [5.41, 5.74) is 9.45. The molecule has 0 aliphatic heterocycles. The Hall–Kier alpha value is -4.79. The van der Waals surface area contributed by atoms with Crippen LogP contribution in [0.4, 0.5) is 11.6 Å². The zero-order valence-electron chi connectivity index (χ0n) is 19.0. The van der Waals surface area contributed by atoms with Gasteiger partial charge < -0.3 is 20.6 Å². The Bertz CT molecular complexity index is 1560. The lowest BCUT2D eigenvalue weighted by atomic mass is 10.1. The normalized spacial score (nSPS) is 11.0. The Labute approximate surface area is 200 Å². The van der Waals surface area contributed by atoms with Crippen molar-refractivity contribution in [2.45, 2.75) is 19.9 Å². The van der Waals surface area contributed by atoms with Gasteiger partial charge in [-0.15, -0.1) is 0 Å². The number of nitrogens with one attached hydrogen (secondary N) is 2. The van der Waals surface area contributed by atoms with Crippen molar-refractivity contribution >= 4 is 28.6 Å². The molecule has 0 radical (unpaired) electrons. The van der Waals surface area contributed by atoms with Gasteiger partial charge in [0.05, 0.1) is 17.5 Å². The van der Waals surface area contributed by atoms with Crippen LogP contribution < -0.4 is 16.5 Å². The van der Waals surface area contributed by atoms with Gasteiger partial charge in [-0.3, -0.25) is 9.59 Å². The number of rotatable bonds is 6. The number of aromatic amines is 1. The molecule has 0 saturated carbocycles. The maximum absolute atomic E-state index is 13.2.